The number of unbranched alkanes of at least 4 members (excludes halogenated alkanes) is 10. The second-order valence-corrected chi connectivity index (χ2v) is 14.2. The Kier molecular flexibility index (Phi) is 20.6. The van der Waals surface area contributed by atoms with Crippen molar-refractivity contribution in [1.29, 1.82) is 0 Å². The van der Waals surface area contributed by atoms with Gasteiger partial charge in [-0.25, -0.2) is 0 Å². The van der Waals surface area contributed by atoms with Crippen LogP contribution in [0.25, 0.3) is 0 Å². The third kappa shape index (κ3) is 15.8. The number of rotatable bonds is 21. The van der Waals surface area contributed by atoms with E-state index in [0.717, 1.165) is 64.2 Å². The summed E-state index contributed by atoms with van der Waals surface area (Å²) in [5, 5.41) is 33.4. The molecule has 2 rings (SSSR count). The summed E-state index contributed by atoms with van der Waals surface area (Å²) in [5.41, 5.74) is 0.701. The average Bonchev–Trinajstić information content (AvgIpc) is 2.95. The molecule has 40 heavy (non-hydrogen) atoms. The quantitative estimate of drug-likeness (QED) is 0.143. The number of hydrogen-bond acceptors (Lipinski definition) is 5. The number of aliphatic carboxylic acids is 2. The van der Waals surface area contributed by atoms with E-state index in [2.05, 4.69) is 74.5 Å². The van der Waals surface area contributed by atoms with Crippen LogP contribution in [-0.2, 0) is 18.5 Å². The van der Waals surface area contributed by atoms with Crippen molar-refractivity contribution < 1.29 is 24.9 Å². The van der Waals surface area contributed by atoms with E-state index in [1.165, 1.54) is 20.0 Å². The van der Waals surface area contributed by atoms with Gasteiger partial charge in [0.25, 0.3) is 0 Å². The number of carboxylic acids is 2. The van der Waals surface area contributed by atoms with E-state index in [9.17, 15) is 24.9 Å². The van der Waals surface area contributed by atoms with Gasteiger partial charge in [-0.1, -0.05) is 90.9 Å². The molecule has 2 atom stereocenters. The fourth-order valence-electron chi connectivity index (χ4n) is 4.82. The molecule has 0 aromatic heterocycles. The van der Waals surface area contributed by atoms with Gasteiger partial charge in [0.15, 0.2) is 0 Å². The molecule has 0 saturated heterocycles. The molecule has 6 heteroatoms. The van der Waals surface area contributed by atoms with E-state index >= 15 is 0 Å². The zero-order valence-electron chi connectivity index (χ0n) is 24.7. The normalized spacial score (nSPS) is 12.9. The van der Waals surface area contributed by atoms with Crippen LogP contribution in [-0.4, -0.2) is 43.8 Å². The van der Waals surface area contributed by atoms with Gasteiger partial charge in [0.2, 0.25) is 0 Å². The molecule has 0 aliphatic heterocycles. The van der Waals surface area contributed by atoms with Gasteiger partial charge in [0.1, 0.15) is 5.60 Å². The van der Waals surface area contributed by atoms with E-state index in [1.54, 1.807) is 0 Å². The Morgan fingerprint density at radius 3 is 1.55 bits per heavy atom. The molecule has 0 radical (unpaired) electrons. The first-order chi connectivity index (χ1) is 19.3. The fourth-order valence-corrected chi connectivity index (χ4v) is 8.17. The average molecular weight is 657 g/mol. The van der Waals surface area contributed by atoms with Crippen molar-refractivity contribution in [2.45, 2.75) is 118 Å². The number of carboxylic acid groups (broad SMARTS) is 2. The molecule has 2 aromatic carbocycles. The van der Waals surface area contributed by atoms with Gasteiger partial charge in [-0.15, -0.1) is 0 Å². The summed E-state index contributed by atoms with van der Waals surface area (Å²) in [5.74, 6) is -4.59. The van der Waals surface area contributed by atoms with Crippen LogP contribution in [0.5, 0.6) is 0 Å². The van der Waals surface area contributed by atoms with Gasteiger partial charge in [0.05, 0.1) is 5.97 Å². The van der Waals surface area contributed by atoms with Crippen LogP contribution in [0.1, 0.15) is 115 Å². The zero-order chi connectivity index (χ0) is 29.5. The minimum atomic E-state index is -2.33. The Labute approximate surface area is 253 Å². The molecular formula is C34H50O5Sn. The van der Waals surface area contributed by atoms with Crippen LogP contribution in [0, 0.1) is 5.92 Å². The number of benzene rings is 2. The Morgan fingerprint density at radius 2 is 1.12 bits per heavy atom. The third-order valence-electron chi connectivity index (χ3n) is 7.32. The minimum absolute atomic E-state index is 0.0874. The molecule has 0 heterocycles. The maximum atomic E-state index is 11.5. The van der Waals surface area contributed by atoms with Gasteiger partial charge < -0.3 is 24.9 Å². The predicted molar refractivity (Wildman–Crippen MR) is 160 cm³/mol. The summed E-state index contributed by atoms with van der Waals surface area (Å²) < 4.78 is 2.69. The number of aliphatic hydroxyl groups is 1. The second kappa shape index (κ2) is 22.8. The number of carbonyl (C=O) groups is 2. The van der Waals surface area contributed by atoms with Crippen LogP contribution in [0.4, 0.5) is 0 Å². The molecule has 0 bridgehead atoms. The van der Waals surface area contributed by atoms with Crippen molar-refractivity contribution in [3.8, 4) is 0 Å². The molecular weight excluding hydrogens is 607 g/mol. The van der Waals surface area contributed by atoms with E-state index in [1.807, 2.05) is 0 Å². The summed E-state index contributed by atoms with van der Waals surface area (Å²) in [6, 6.07) is 21.7. The van der Waals surface area contributed by atoms with Crippen molar-refractivity contribution in [3.63, 3.8) is 0 Å². The van der Waals surface area contributed by atoms with Crippen LogP contribution < -0.4 is 10.2 Å². The van der Waals surface area contributed by atoms with Gasteiger partial charge in [-0.2, -0.15) is 0 Å². The monoisotopic (exact) mass is 658 g/mol. The summed E-state index contributed by atoms with van der Waals surface area (Å²) in [7, 11) is 0. The Morgan fingerprint density at radius 1 is 0.700 bits per heavy atom. The third-order valence-corrected chi connectivity index (χ3v) is 11.1. The molecule has 2 unspecified atom stereocenters. The molecule has 0 fully saturated rings. The molecule has 0 amide bonds. The van der Waals surface area contributed by atoms with E-state index in [-0.39, 0.29) is 34.0 Å². The topological polar surface area (TPSA) is 100 Å². The predicted octanol–water partition coefficient (Wildman–Crippen LogP) is 5.43. The van der Waals surface area contributed by atoms with Crippen molar-refractivity contribution in [1.82, 2.24) is 0 Å². The second-order valence-electron chi connectivity index (χ2n) is 10.7. The molecule has 2 aromatic rings. The summed E-state index contributed by atoms with van der Waals surface area (Å²) in [6.45, 7) is 4.23. The van der Waals surface area contributed by atoms with E-state index < -0.39 is 23.5 Å². The van der Waals surface area contributed by atoms with E-state index in [4.69, 9.17) is 0 Å². The Balaban J connectivity index is 0.000000448. The first-order valence-electron chi connectivity index (χ1n) is 15.3. The first-order valence-corrected chi connectivity index (χ1v) is 19.3. The van der Waals surface area contributed by atoms with Crippen LogP contribution >= 0.6 is 0 Å². The van der Waals surface area contributed by atoms with Gasteiger partial charge in [-0.05, 0) is 12.8 Å². The number of carbonyl (C=O) groups excluding carboxylic acids is 2. The zero-order valence-corrected chi connectivity index (χ0v) is 27.6. The molecule has 0 aliphatic carbocycles. The SMILES string of the molecule is CCCCCCCCC(C(=O)[O-])C(O)(CCCCCCCC)C(=O)[O-].c1ccc([CH2][Sn+2][CH2]c2ccccc2)cc1. The van der Waals surface area contributed by atoms with E-state index in [0.29, 0.717) is 12.8 Å². The van der Waals surface area contributed by atoms with Crippen LogP contribution in [0.15, 0.2) is 60.7 Å². The van der Waals surface area contributed by atoms with Crippen molar-refractivity contribution >= 4 is 33.1 Å². The Hall–Kier alpha value is -1.86. The first kappa shape index (κ1) is 36.2. The maximum absolute atomic E-state index is 11.5. The molecule has 0 aliphatic rings. The van der Waals surface area contributed by atoms with Crippen molar-refractivity contribution in [2.75, 3.05) is 0 Å². The van der Waals surface area contributed by atoms with Crippen LogP contribution in [0.3, 0.4) is 0 Å². The van der Waals surface area contributed by atoms with Gasteiger partial charge >= 0.3 is 102 Å². The van der Waals surface area contributed by atoms with Crippen molar-refractivity contribution in [3.05, 3.63) is 71.8 Å². The van der Waals surface area contributed by atoms with Crippen LogP contribution in [0.2, 0.25) is 0 Å². The Bertz CT molecular complexity index is 866. The molecule has 0 spiro atoms. The standard InChI is InChI=1S/C20H38O5.2C7H7.Sn/c1-3-5-7-9-11-13-15-17(18(21)22)20(25,19(23)24)16-14-12-10-8-6-4-2;2*1-7-5-3-2-4-6-7;/h17,25H,3-16H2,1-2H3,(H,21,22)(H,23,24);2*2-6H,1H2;/q;;;+2/p-2. The van der Waals surface area contributed by atoms with Gasteiger partial charge in [-0.3, -0.25) is 0 Å². The molecule has 5 nitrogen and oxygen atoms in total. The molecule has 220 valence electrons. The summed E-state index contributed by atoms with van der Waals surface area (Å²) in [6.07, 6.45) is 11.4. The van der Waals surface area contributed by atoms with Crippen molar-refractivity contribution in [2.24, 2.45) is 5.92 Å². The summed E-state index contributed by atoms with van der Waals surface area (Å²) >= 11 is -0.258. The van der Waals surface area contributed by atoms with Gasteiger partial charge in [0, 0.05) is 11.9 Å². The fraction of sp³-hybridized carbons (Fsp3) is 0.588. The summed E-state index contributed by atoms with van der Waals surface area (Å²) in [4.78, 5) is 22.9. The molecule has 0 saturated carbocycles. The molecule has 1 N–H and O–H groups in total. The number of hydrogen-bond donors (Lipinski definition) is 1.